The van der Waals surface area contributed by atoms with Crippen molar-refractivity contribution < 1.29 is 9.50 Å². The second-order valence-corrected chi connectivity index (χ2v) is 7.18. The number of hydrogen-bond donors (Lipinski definition) is 1. The molecule has 1 fully saturated rings. The van der Waals surface area contributed by atoms with Crippen LogP contribution in [0.3, 0.4) is 0 Å². The van der Waals surface area contributed by atoms with E-state index in [1.807, 2.05) is 30.1 Å². The molecule has 1 aromatic carbocycles. The molecule has 1 saturated heterocycles. The van der Waals surface area contributed by atoms with Crippen LogP contribution in [0.5, 0.6) is 0 Å². The van der Waals surface area contributed by atoms with Crippen molar-refractivity contribution in [2.24, 2.45) is 13.0 Å². The summed E-state index contributed by atoms with van der Waals surface area (Å²) in [6, 6.07) is 6.69. The number of halogens is 1. The summed E-state index contributed by atoms with van der Waals surface area (Å²) < 4.78 is 17.5. The number of aliphatic hydroxyl groups is 1. The maximum absolute atomic E-state index is 13.8. The van der Waals surface area contributed by atoms with Gasteiger partial charge in [0.25, 0.3) is 0 Å². The van der Waals surface area contributed by atoms with E-state index in [0.717, 1.165) is 43.0 Å². The van der Waals surface area contributed by atoms with E-state index in [9.17, 15) is 9.50 Å². The smallest absolute Gasteiger partial charge is 0.137 e. The largest absolute Gasteiger partial charge is 0.385 e. The third kappa shape index (κ3) is 3.79. The number of aromatic nitrogens is 4. The van der Waals surface area contributed by atoms with Gasteiger partial charge in [0.15, 0.2) is 0 Å². The highest BCUT2D eigenvalue weighted by molar-refractivity contribution is 5.40. The molecule has 0 bridgehead atoms. The second-order valence-electron chi connectivity index (χ2n) is 7.18. The molecular weight excluding hydrogens is 345 g/mol. The van der Waals surface area contributed by atoms with E-state index >= 15 is 0 Å². The zero-order valence-electron chi connectivity index (χ0n) is 15.4. The van der Waals surface area contributed by atoms with Crippen LogP contribution in [-0.4, -0.2) is 42.4 Å². The van der Waals surface area contributed by atoms with Gasteiger partial charge in [-0.25, -0.2) is 14.1 Å². The van der Waals surface area contributed by atoms with Crippen molar-refractivity contribution in [2.45, 2.75) is 25.5 Å². The predicted octanol–water partition coefficient (Wildman–Crippen LogP) is 2.69. The summed E-state index contributed by atoms with van der Waals surface area (Å²) in [6.45, 7) is 2.39. The van der Waals surface area contributed by atoms with E-state index in [-0.39, 0.29) is 11.7 Å². The van der Waals surface area contributed by atoms with Crippen LogP contribution in [0.2, 0.25) is 0 Å². The highest BCUT2D eigenvalue weighted by Crippen LogP contribution is 2.30. The summed E-state index contributed by atoms with van der Waals surface area (Å²) in [5, 5.41) is 14.9. The Labute approximate surface area is 157 Å². The maximum atomic E-state index is 13.8. The Bertz CT molecular complexity index is 884. The summed E-state index contributed by atoms with van der Waals surface area (Å²) in [5.74, 6) is 0.681. The Hall–Kier alpha value is -2.51. The van der Waals surface area contributed by atoms with Crippen LogP contribution in [0.4, 0.5) is 4.39 Å². The van der Waals surface area contributed by atoms with Gasteiger partial charge in [-0.1, -0.05) is 0 Å². The lowest BCUT2D eigenvalue weighted by atomic mass is 9.90. The van der Waals surface area contributed by atoms with Gasteiger partial charge in [-0.3, -0.25) is 4.90 Å². The van der Waals surface area contributed by atoms with Crippen LogP contribution in [0.15, 0.2) is 49.1 Å². The zero-order chi connectivity index (χ0) is 18.8. The first-order valence-electron chi connectivity index (χ1n) is 9.28. The van der Waals surface area contributed by atoms with Gasteiger partial charge < -0.3 is 9.67 Å². The average Bonchev–Trinajstić information content (AvgIpc) is 3.34. The molecule has 142 valence electrons. The van der Waals surface area contributed by atoms with Crippen molar-refractivity contribution in [3.63, 3.8) is 0 Å². The second kappa shape index (κ2) is 7.62. The third-order valence-electron chi connectivity index (χ3n) is 5.39. The van der Waals surface area contributed by atoms with Crippen molar-refractivity contribution in [1.82, 2.24) is 24.2 Å². The highest BCUT2D eigenvalue weighted by atomic mass is 19.1. The molecule has 0 unspecified atom stereocenters. The Balaban J connectivity index is 1.43. The monoisotopic (exact) mass is 369 g/mol. The summed E-state index contributed by atoms with van der Waals surface area (Å²) in [4.78, 5) is 6.58. The highest BCUT2D eigenvalue weighted by Gasteiger charge is 2.28. The van der Waals surface area contributed by atoms with E-state index in [0.29, 0.717) is 6.54 Å². The van der Waals surface area contributed by atoms with Crippen molar-refractivity contribution in [2.75, 3.05) is 13.1 Å². The Morgan fingerprint density at radius 3 is 2.70 bits per heavy atom. The molecule has 0 radical (unpaired) electrons. The molecule has 0 saturated carbocycles. The van der Waals surface area contributed by atoms with Crippen molar-refractivity contribution >= 4 is 0 Å². The first kappa shape index (κ1) is 17.9. The molecular formula is C20H24FN5O. The minimum atomic E-state index is -0.541. The lowest BCUT2D eigenvalue weighted by molar-refractivity contribution is 0.0492. The first-order valence-corrected chi connectivity index (χ1v) is 9.28. The summed E-state index contributed by atoms with van der Waals surface area (Å²) in [6.07, 6.45) is 8.40. The molecule has 7 heteroatoms. The van der Waals surface area contributed by atoms with E-state index in [1.54, 1.807) is 29.2 Å². The number of hydrogen-bond acceptors (Lipinski definition) is 4. The van der Waals surface area contributed by atoms with Crippen LogP contribution in [0, 0.1) is 11.7 Å². The predicted molar refractivity (Wildman–Crippen MR) is 99.7 cm³/mol. The lowest BCUT2D eigenvalue weighted by Crippen LogP contribution is -2.36. The number of rotatable bonds is 5. The van der Waals surface area contributed by atoms with Crippen LogP contribution < -0.4 is 0 Å². The molecule has 0 spiro atoms. The molecule has 1 aliphatic heterocycles. The fraction of sp³-hybridized carbons (Fsp3) is 0.400. The topological polar surface area (TPSA) is 59.1 Å². The standard InChI is InChI=1S/C20H24FN5O/c1-24-12-8-22-20(24)19(27)15-5-10-25(11-6-15)14-16-13-17(21)3-4-18(16)26-9-2-7-23-26/h2-4,7-9,12-13,15,19,27H,5-6,10-11,14H2,1H3/t19-/m0/s1. The number of nitrogens with zero attached hydrogens (tertiary/aromatic N) is 5. The number of benzene rings is 1. The molecule has 6 nitrogen and oxygen atoms in total. The fourth-order valence-electron chi connectivity index (χ4n) is 3.86. The van der Waals surface area contributed by atoms with Crippen molar-refractivity contribution in [1.29, 1.82) is 0 Å². The summed E-state index contributed by atoms with van der Waals surface area (Å²) >= 11 is 0. The van der Waals surface area contributed by atoms with Gasteiger partial charge in [-0.05, 0) is 61.7 Å². The van der Waals surface area contributed by atoms with Gasteiger partial charge in [0.05, 0.1) is 5.69 Å². The number of aliphatic hydroxyl groups excluding tert-OH is 1. The number of piperidine rings is 1. The number of imidazole rings is 1. The quantitative estimate of drug-likeness (QED) is 0.751. The van der Waals surface area contributed by atoms with Crippen LogP contribution >= 0.6 is 0 Å². The molecule has 2 aromatic heterocycles. The molecule has 3 heterocycles. The Kier molecular flexibility index (Phi) is 5.05. The van der Waals surface area contributed by atoms with Gasteiger partial charge in [0.2, 0.25) is 0 Å². The maximum Gasteiger partial charge on any atom is 0.137 e. The van der Waals surface area contributed by atoms with Gasteiger partial charge >= 0.3 is 0 Å². The summed E-state index contributed by atoms with van der Waals surface area (Å²) in [5.41, 5.74) is 1.82. The van der Waals surface area contributed by atoms with Gasteiger partial charge in [-0.15, -0.1) is 0 Å². The van der Waals surface area contributed by atoms with Crippen molar-refractivity contribution in [3.05, 3.63) is 66.3 Å². The normalized spacial score (nSPS) is 17.3. The molecule has 3 aromatic rings. The average molecular weight is 369 g/mol. The minimum Gasteiger partial charge on any atom is -0.385 e. The molecule has 1 N–H and O–H groups in total. The molecule has 0 aliphatic carbocycles. The van der Waals surface area contributed by atoms with Crippen LogP contribution in [-0.2, 0) is 13.6 Å². The fourth-order valence-corrected chi connectivity index (χ4v) is 3.86. The molecule has 1 aliphatic rings. The van der Waals surface area contributed by atoms with Gasteiger partial charge in [0, 0.05) is 38.4 Å². The van der Waals surface area contributed by atoms with Crippen molar-refractivity contribution in [3.8, 4) is 5.69 Å². The molecule has 4 rings (SSSR count). The van der Waals surface area contributed by atoms with Crippen LogP contribution in [0.1, 0.15) is 30.3 Å². The van der Waals surface area contributed by atoms with Crippen LogP contribution in [0.25, 0.3) is 5.69 Å². The number of likely N-dealkylation sites (tertiary alicyclic amines) is 1. The van der Waals surface area contributed by atoms with E-state index < -0.39 is 6.10 Å². The Morgan fingerprint density at radius 1 is 1.22 bits per heavy atom. The van der Waals surface area contributed by atoms with Gasteiger partial charge in [0.1, 0.15) is 17.7 Å². The first-order chi connectivity index (χ1) is 13.1. The molecule has 1 atom stereocenters. The minimum absolute atomic E-state index is 0.195. The SMILES string of the molecule is Cn1ccnc1[C@@H](O)C1CCN(Cc2cc(F)ccc2-n2cccn2)CC1. The van der Waals surface area contributed by atoms with E-state index in [4.69, 9.17) is 0 Å². The lowest BCUT2D eigenvalue weighted by Gasteiger charge is -2.34. The summed E-state index contributed by atoms with van der Waals surface area (Å²) in [7, 11) is 1.90. The van der Waals surface area contributed by atoms with E-state index in [2.05, 4.69) is 15.0 Å². The molecule has 0 amide bonds. The molecule has 27 heavy (non-hydrogen) atoms. The number of aryl methyl sites for hydroxylation is 1. The van der Waals surface area contributed by atoms with Gasteiger partial charge in [-0.2, -0.15) is 5.10 Å². The van der Waals surface area contributed by atoms with E-state index in [1.165, 1.54) is 6.07 Å². The third-order valence-corrected chi connectivity index (χ3v) is 5.39. The zero-order valence-corrected chi connectivity index (χ0v) is 15.4. The Morgan fingerprint density at radius 2 is 2.04 bits per heavy atom.